The van der Waals surface area contributed by atoms with Crippen LogP contribution in [0.2, 0.25) is 0 Å². The van der Waals surface area contributed by atoms with Crippen LogP contribution in [-0.4, -0.2) is 73.0 Å². The predicted molar refractivity (Wildman–Crippen MR) is 176 cm³/mol. The van der Waals surface area contributed by atoms with Gasteiger partial charge < -0.3 is 24.6 Å². The third kappa shape index (κ3) is 8.73. The molecule has 4 aromatic rings. The summed E-state index contributed by atoms with van der Waals surface area (Å²) >= 11 is 1.26. The zero-order valence-corrected chi connectivity index (χ0v) is 27.5. The fourth-order valence-electron chi connectivity index (χ4n) is 5.04. The largest absolute Gasteiger partial charge is 0.476 e. The number of nitrogens with one attached hydrogen (secondary N) is 1. The highest BCUT2D eigenvalue weighted by Crippen LogP contribution is 2.38. The molecule has 1 atom stereocenters. The SMILES string of the molecule is CC(O)(CO)CN1CCCCCCc2ccccc2-c2nc(cnc2-n2ccc(OCC(C)(C)C(F)(F)F)n2)NSc2cccc1n2. The van der Waals surface area contributed by atoms with Crippen molar-refractivity contribution in [3.63, 3.8) is 0 Å². The summed E-state index contributed by atoms with van der Waals surface area (Å²) in [7, 11) is 0. The lowest BCUT2D eigenvalue weighted by atomic mass is 9.94. The normalized spacial score (nSPS) is 16.0. The number of hydrogen-bond donors (Lipinski definition) is 3. The smallest absolute Gasteiger partial charge is 0.397 e. The number of hydrogen-bond acceptors (Lipinski definition) is 10. The lowest BCUT2D eigenvalue weighted by Crippen LogP contribution is -2.44. The maximum Gasteiger partial charge on any atom is 0.397 e. The van der Waals surface area contributed by atoms with Crippen molar-refractivity contribution in [1.82, 2.24) is 24.7 Å². The van der Waals surface area contributed by atoms with Crippen molar-refractivity contribution in [2.24, 2.45) is 5.41 Å². The number of fused-ring (bicyclic) bond motifs is 6. The third-order valence-corrected chi connectivity index (χ3v) is 8.69. The van der Waals surface area contributed by atoms with E-state index in [9.17, 15) is 23.4 Å². The van der Waals surface area contributed by atoms with Crippen molar-refractivity contribution in [1.29, 1.82) is 0 Å². The number of aromatic nitrogens is 5. The fourth-order valence-corrected chi connectivity index (χ4v) is 5.63. The van der Waals surface area contributed by atoms with Gasteiger partial charge >= 0.3 is 6.18 Å². The van der Waals surface area contributed by atoms with Gasteiger partial charge in [0, 0.05) is 36.3 Å². The summed E-state index contributed by atoms with van der Waals surface area (Å²) in [5.74, 6) is 1.62. The quantitative estimate of drug-likeness (QED) is 0.188. The molecule has 1 aliphatic heterocycles. The zero-order valence-electron chi connectivity index (χ0n) is 26.7. The van der Waals surface area contributed by atoms with Gasteiger partial charge in [0.2, 0.25) is 5.88 Å². The summed E-state index contributed by atoms with van der Waals surface area (Å²) in [5.41, 5.74) is -0.805. The summed E-state index contributed by atoms with van der Waals surface area (Å²) in [4.78, 5) is 16.4. The molecule has 1 unspecified atom stereocenters. The zero-order chi connectivity index (χ0) is 33.7. The van der Waals surface area contributed by atoms with E-state index in [4.69, 9.17) is 14.7 Å². The van der Waals surface area contributed by atoms with Gasteiger partial charge in [0.15, 0.2) is 11.6 Å². The Hall–Kier alpha value is -3.88. The molecular weight excluding hydrogens is 631 g/mol. The van der Waals surface area contributed by atoms with E-state index >= 15 is 0 Å². The standard InChI is InChI=1S/C33H40F3N7O3S/c1-31(2,33(34,35)36)22-46-27-16-18-43(40-27)30-29-24-13-8-7-12-23(24)11-6-4-5-9-17-42(20-32(3,45)21-44)26-14-10-15-28(39-26)47-41-25(38-29)19-37-30/h7-8,10,12-16,18-19,44-45H,4-6,9,11,17,20-22H2,1-3H3,(H,38,41). The molecule has 1 aromatic carbocycles. The molecule has 10 nitrogen and oxygen atoms in total. The second kappa shape index (κ2) is 14.5. The van der Waals surface area contributed by atoms with E-state index in [1.165, 1.54) is 22.7 Å². The number of rotatable bonds is 7. The van der Waals surface area contributed by atoms with E-state index in [-0.39, 0.29) is 19.0 Å². The molecule has 0 saturated carbocycles. The van der Waals surface area contributed by atoms with Crippen molar-refractivity contribution in [3.05, 3.63) is 66.5 Å². The first-order chi connectivity index (χ1) is 22.3. The van der Waals surface area contributed by atoms with Gasteiger partial charge in [-0.3, -0.25) is 0 Å². The van der Waals surface area contributed by atoms with Gasteiger partial charge in [-0.05, 0) is 57.7 Å². The monoisotopic (exact) mass is 671 g/mol. The first-order valence-corrected chi connectivity index (χ1v) is 16.4. The molecule has 47 heavy (non-hydrogen) atoms. The van der Waals surface area contributed by atoms with Crippen LogP contribution in [0.4, 0.5) is 24.8 Å². The Morgan fingerprint density at radius 1 is 0.979 bits per heavy atom. The Kier molecular flexibility index (Phi) is 10.6. The molecule has 14 heteroatoms. The average molecular weight is 672 g/mol. The molecule has 3 aromatic heterocycles. The van der Waals surface area contributed by atoms with Gasteiger partial charge in [-0.25, -0.2) is 19.6 Å². The van der Waals surface area contributed by atoms with Gasteiger partial charge in [0.05, 0.1) is 24.8 Å². The van der Waals surface area contributed by atoms with Gasteiger partial charge in [-0.2, -0.15) is 13.2 Å². The second-order valence-corrected chi connectivity index (χ2v) is 13.5. The van der Waals surface area contributed by atoms with Gasteiger partial charge in [0.1, 0.15) is 28.7 Å². The van der Waals surface area contributed by atoms with Crippen LogP contribution < -0.4 is 14.4 Å². The number of aliphatic hydroxyl groups is 2. The minimum atomic E-state index is -4.42. The molecule has 252 valence electrons. The highest BCUT2D eigenvalue weighted by molar-refractivity contribution is 8.00. The molecule has 4 heterocycles. The van der Waals surface area contributed by atoms with Gasteiger partial charge in [-0.1, -0.05) is 43.2 Å². The minimum absolute atomic E-state index is 0.0483. The van der Waals surface area contributed by atoms with Crippen molar-refractivity contribution in [2.75, 3.05) is 35.9 Å². The number of aryl methyl sites for hydroxylation is 1. The van der Waals surface area contributed by atoms with Crippen LogP contribution in [0.3, 0.4) is 0 Å². The number of benzene rings is 1. The summed E-state index contributed by atoms with van der Waals surface area (Å²) in [6, 6.07) is 15.1. The maximum absolute atomic E-state index is 13.4. The van der Waals surface area contributed by atoms with Crippen LogP contribution >= 0.6 is 11.9 Å². The summed E-state index contributed by atoms with van der Waals surface area (Å²) < 4.78 is 50.3. The Bertz CT molecular complexity index is 1650. The molecular formula is C33H40F3N7O3S. The van der Waals surface area contributed by atoms with Gasteiger partial charge in [0.25, 0.3) is 0 Å². The van der Waals surface area contributed by atoms with Crippen molar-refractivity contribution in [2.45, 2.75) is 69.7 Å². The number of β-amino-alcohol motifs (C(OH)–C–C–N with tert-alkyl or cyclic N) is 1. The summed E-state index contributed by atoms with van der Waals surface area (Å²) in [5, 5.41) is 25.4. The highest BCUT2D eigenvalue weighted by Gasteiger charge is 2.48. The van der Waals surface area contributed by atoms with Crippen LogP contribution in [0.5, 0.6) is 5.88 Å². The Labute approximate surface area is 276 Å². The van der Waals surface area contributed by atoms with Crippen LogP contribution in [0.15, 0.2) is 66.0 Å². The van der Waals surface area contributed by atoms with E-state index in [1.54, 1.807) is 19.3 Å². The number of aliphatic hydroxyl groups excluding tert-OH is 1. The van der Waals surface area contributed by atoms with Gasteiger partial charge in [-0.15, -0.1) is 5.10 Å². The van der Waals surface area contributed by atoms with Crippen molar-refractivity contribution in [3.8, 4) is 23.0 Å². The molecule has 0 spiro atoms. The van der Waals surface area contributed by atoms with E-state index in [0.29, 0.717) is 34.7 Å². The Morgan fingerprint density at radius 3 is 2.55 bits per heavy atom. The summed E-state index contributed by atoms with van der Waals surface area (Å²) in [6.45, 7) is 3.76. The number of nitrogens with zero attached hydrogens (tertiary/aromatic N) is 6. The molecule has 0 amide bonds. The molecule has 0 fully saturated rings. The Balaban J connectivity index is 1.47. The molecule has 5 rings (SSSR count). The number of ether oxygens (including phenoxy) is 1. The summed E-state index contributed by atoms with van der Waals surface area (Å²) in [6.07, 6.45) is 3.31. The average Bonchev–Trinajstić information content (AvgIpc) is 3.52. The third-order valence-electron chi connectivity index (χ3n) is 7.94. The predicted octanol–water partition coefficient (Wildman–Crippen LogP) is 6.48. The van der Waals surface area contributed by atoms with Crippen LogP contribution in [0, 0.1) is 5.41 Å². The van der Waals surface area contributed by atoms with E-state index < -0.39 is 23.8 Å². The van der Waals surface area contributed by atoms with Crippen molar-refractivity contribution < 1.29 is 28.1 Å². The lowest BCUT2D eigenvalue weighted by molar-refractivity contribution is -0.219. The number of anilines is 2. The topological polar surface area (TPSA) is 121 Å². The first kappa shape index (κ1) is 34.5. The molecule has 0 aliphatic carbocycles. The maximum atomic E-state index is 13.4. The first-order valence-electron chi connectivity index (χ1n) is 15.5. The number of halogens is 3. The van der Waals surface area contributed by atoms with Crippen LogP contribution in [-0.2, 0) is 6.42 Å². The van der Waals surface area contributed by atoms with Crippen LogP contribution in [0.1, 0.15) is 52.0 Å². The van der Waals surface area contributed by atoms with Crippen LogP contribution in [0.25, 0.3) is 17.1 Å². The minimum Gasteiger partial charge on any atom is -0.476 e. The Morgan fingerprint density at radius 2 is 1.77 bits per heavy atom. The molecule has 4 bridgehead atoms. The number of pyridine rings is 1. The highest BCUT2D eigenvalue weighted by atomic mass is 32.2. The molecule has 3 N–H and O–H groups in total. The van der Waals surface area contributed by atoms with E-state index in [0.717, 1.165) is 57.1 Å². The fraction of sp³-hybridized carbons (Fsp3) is 0.455. The number of alkyl halides is 3. The van der Waals surface area contributed by atoms with E-state index in [2.05, 4.69) is 20.9 Å². The second-order valence-electron chi connectivity index (χ2n) is 12.6. The lowest BCUT2D eigenvalue weighted by Gasteiger charge is -2.31. The molecule has 0 saturated heterocycles. The van der Waals surface area contributed by atoms with E-state index in [1.807, 2.05) is 41.3 Å². The molecule has 0 radical (unpaired) electrons. The van der Waals surface area contributed by atoms with Crippen molar-refractivity contribution >= 4 is 23.6 Å². The molecule has 1 aliphatic rings.